The van der Waals surface area contributed by atoms with E-state index in [4.69, 9.17) is 44.6 Å². The van der Waals surface area contributed by atoms with Crippen molar-refractivity contribution < 1.29 is 19.4 Å². The molecule has 0 aliphatic heterocycles. The number of aliphatic carboxylic acids is 1. The second kappa shape index (κ2) is 7.92. The van der Waals surface area contributed by atoms with E-state index in [0.29, 0.717) is 6.42 Å². The molecular weight excluding hydrogens is 304 g/mol. The monoisotopic (exact) mass is 319 g/mol. The lowest BCUT2D eigenvalue weighted by atomic mass is 10.1. The molecule has 0 aromatic carbocycles. The zero-order chi connectivity index (χ0) is 14.3. The fourth-order valence-electron chi connectivity index (χ4n) is 1.12. The number of alkyl halides is 3. The minimum atomic E-state index is -1.37. The molecule has 106 valence electrons. The maximum absolute atomic E-state index is 11.3. The van der Waals surface area contributed by atoms with Gasteiger partial charge in [0.1, 0.15) is 6.04 Å². The third-order valence-electron chi connectivity index (χ3n) is 2.04. The zero-order valence-corrected chi connectivity index (χ0v) is 12.3. The van der Waals surface area contributed by atoms with E-state index in [1.807, 2.05) is 0 Å². The molecule has 0 spiro atoms. The van der Waals surface area contributed by atoms with Crippen LogP contribution in [0.3, 0.4) is 0 Å². The van der Waals surface area contributed by atoms with Crippen LogP contribution >= 0.6 is 34.8 Å². The first kappa shape index (κ1) is 17.6. The minimum Gasteiger partial charge on any atom is -0.480 e. The molecule has 0 aromatic heterocycles. The Hall–Kier alpha value is -0.390. The van der Waals surface area contributed by atoms with Crippen molar-refractivity contribution in [1.82, 2.24) is 5.32 Å². The Labute approximate surface area is 121 Å². The van der Waals surface area contributed by atoms with Crippen LogP contribution in [0.2, 0.25) is 0 Å². The van der Waals surface area contributed by atoms with Gasteiger partial charge in [-0.25, -0.2) is 9.59 Å². The molecule has 0 aliphatic rings. The number of nitrogens with one attached hydrogen (secondary N) is 1. The van der Waals surface area contributed by atoms with Gasteiger partial charge in [0.15, 0.2) is 3.79 Å². The summed E-state index contributed by atoms with van der Waals surface area (Å²) < 4.78 is 3.41. The molecular formula is C10H16Cl3NO4. The molecule has 0 unspecified atom stereocenters. The molecule has 0 aliphatic carbocycles. The van der Waals surface area contributed by atoms with Crippen LogP contribution in [0.5, 0.6) is 0 Å². The van der Waals surface area contributed by atoms with Gasteiger partial charge in [-0.1, -0.05) is 48.7 Å². The average Bonchev–Trinajstić information content (AvgIpc) is 2.18. The number of carboxylic acids is 1. The molecule has 0 saturated heterocycles. The number of carbonyl (C=O) groups excluding carboxylic acids is 1. The van der Waals surface area contributed by atoms with Gasteiger partial charge in [-0.15, -0.1) is 0 Å². The van der Waals surface area contributed by atoms with Crippen molar-refractivity contribution in [2.24, 2.45) is 5.92 Å². The van der Waals surface area contributed by atoms with Crippen molar-refractivity contribution in [3.63, 3.8) is 0 Å². The average molecular weight is 321 g/mol. The van der Waals surface area contributed by atoms with E-state index in [-0.39, 0.29) is 18.9 Å². The molecule has 1 amide bonds. The van der Waals surface area contributed by atoms with Crippen molar-refractivity contribution in [3.8, 4) is 0 Å². The number of halogens is 3. The largest absolute Gasteiger partial charge is 0.480 e. The highest BCUT2D eigenvalue weighted by molar-refractivity contribution is 6.67. The third kappa shape index (κ3) is 8.66. The Bertz CT molecular complexity index is 291. The van der Waals surface area contributed by atoms with Crippen LogP contribution in [0, 0.1) is 5.92 Å². The number of carboxylic acid groups (broad SMARTS) is 1. The number of rotatable bonds is 6. The van der Waals surface area contributed by atoms with Gasteiger partial charge in [-0.3, -0.25) is 0 Å². The summed E-state index contributed by atoms with van der Waals surface area (Å²) in [5.41, 5.74) is 0. The number of hydrogen-bond acceptors (Lipinski definition) is 3. The first-order valence-corrected chi connectivity index (χ1v) is 6.49. The molecule has 0 heterocycles. The van der Waals surface area contributed by atoms with E-state index in [1.165, 1.54) is 0 Å². The molecule has 18 heavy (non-hydrogen) atoms. The van der Waals surface area contributed by atoms with E-state index >= 15 is 0 Å². The maximum atomic E-state index is 11.3. The lowest BCUT2D eigenvalue weighted by Crippen LogP contribution is -2.44. The fourth-order valence-corrected chi connectivity index (χ4v) is 1.52. The maximum Gasteiger partial charge on any atom is 0.407 e. The number of ether oxygens (including phenoxy) is 1. The summed E-state index contributed by atoms with van der Waals surface area (Å²) >= 11 is 16.5. The predicted octanol–water partition coefficient (Wildman–Crippen LogP) is 2.97. The normalized spacial score (nSPS) is 13.2. The Morgan fingerprint density at radius 3 is 2.28 bits per heavy atom. The fraction of sp³-hybridized carbons (Fsp3) is 0.800. The topological polar surface area (TPSA) is 75.6 Å². The van der Waals surface area contributed by atoms with Gasteiger partial charge in [0.05, 0.1) is 6.61 Å². The molecule has 0 radical (unpaired) electrons. The van der Waals surface area contributed by atoms with Gasteiger partial charge in [0.25, 0.3) is 0 Å². The number of carbonyl (C=O) groups is 2. The van der Waals surface area contributed by atoms with Gasteiger partial charge in [0, 0.05) is 0 Å². The van der Waals surface area contributed by atoms with Crippen LogP contribution in [0.15, 0.2) is 0 Å². The number of amides is 1. The molecule has 1 atom stereocenters. The molecule has 0 bridgehead atoms. The Morgan fingerprint density at radius 1 is 1.33 bits per heavy atom. The summed E-state index contributed by atoms with van der Waals surface area (Å²) in [5.74, 6) is -1.35. The van der Waals surface area contributed by atoms with Gasteiger partial charge >= 0.3 is 12.1 Å². The Kier molecular flexibility index (Phi) is 7.75. The molecule has 0 saturated carbocycles. The number of hydrogen-bond donors (Lipinski definition) is 2. The summed E-state index contributed by atoms with van der Waals surface area (Å²) in [6.45, 7) is 3.42. The van der Waals surface area contributed by atoms with Gasteiger partial charge < -0.3 is 15.2 Å². The van der Waals surface area contributed by atoms with E-state index in [0.717, 1.165) is 0 Å². The molecule has 8 heteroatoms. The molecule has 2 N–H and O–H groups in total. The van der Waals surface area contributed by atoms with Crippen molar-refractivity contribution in [1.29, 1.82) is 0 Å². The summed E-state index contributed by atoms with van der Waals surface area (Å²) in [5, 5.41) is 11.1. The second-order valence-electron chi connectivity index (χ2n) is 4.06. The zero-order valence-electron chi connectivity index (χ0n) is 10.1. The van der Waals surface area contributed by atoms with Crippen LogP contribution in [0.1, 0.15) is 26.7 Å². The van der Waals surface area contributed by atoms with Crippen LogP contribution in [-0.2, 0) is 9.53 Å². The molecule has 0 rings (SSSR count). The highest BCUT2D eigenvalue weighted by Crippen LogP contribution is 2.31. The highest BCUT2D eigenvalue weighted by atomic mass is 35.6. The predicted molar refractivity (Wildman–Crippen MR) is 70.3 cm³/mol. The number of alkyl carbamates (subject to hydrolysis) is 1. The van der Waals surface area contributed by atoms with Crippen LogP contribution < -0.4 is 5.32 Å². The van der Waals surface area contributed by atoms with E-state index in [1.54, 1.807) is 13.8 Å². The summed E-state index contributed by atoms with van der Waals surface area (Å²) in [7, 11) is 0. The SMILES string of the molecule is CC(C)[C@@H](NC(=O)OCCCC(Cl)(Cl)Cl)C(=O)O. The quantitative estimate of drug-likeness (QED) is 0.583. The van der Waals surface area contributed by atoms with Crippen molar-refractivity contribution in [2.75, 3.05) is 6.61 Å². The van der Waals surface area contributed by atoms with Gasteiger partial charge in [0.2, 0.25) is 0 Å². The highest BCUT2D eigenvalue weighted by Gasteiger charge is 2.24. The Morgan fingerprint density at radius 2 is 1.89 bits per heavy atom. The molecule has 5 nitrogen and oxygen atoms in total. The molecule has 0 aromatic rings. The smallest absolute Gasteiger partial charge is 0.407 e. The lowest BCUT2D eigenvalue weighted by Gasteiger charge is -2.17. The van der Waals surface area contributed by atoms with E-state index in [2.05, 4.69) is 5.32 Å². The lowest BCUT2D eigenvalue weighted by molar-refractivity contribution is -0.140. The van der Waals surface area contributed by atoms with Gasteiger partial charge in [-0.05, 0) is 18.8 Å². The van der Waals surface area contributed by atoms with Crippen molar-refractivity contribution >= 4 is 46.9 Å². The van der Waals surface area contributed by atoms with E-state index < -0.39 is 21.9 Å². The van der Waals surface area contributed by atoms with Crippen molar-refractivity contribution in [2.45, 2.75) is 36.5 Å². The van der Waals surface area contributed by atoms with Gasteiger partial charge in [-0.2, -0.15) is 0 Å². The summed E-state index contributed by atoms with van der Waals surface area (Å²) in [4.78, 5) is 22.1. The molecule has 0 fully saturated rings. The first-order chi connectivity index (χ1) is 8.13. The second-order valence-corrected chi connectivity index (χ2v) is 6.57. The summed E-state index contributed by atoms with van der Waals surface area (Å²) in [6.07, 6.45) is -0.165. The van der Waals surface area contributed by atoms with Crippen LogP contribution in [-0.4, -0.2) is 33.6 Å². The van der Waals surface area contributed by atoms with Crippen LogP contribution in [0.25, 0.3) is 0 Å². The van der Waals surface area contributed by atoms with Crippen LogP contribution in [0.4, 0.5) is 4.79 Å². The van der Waals surface area contributed by atoms with E-state index in [9.17, 15) is 9.59 Å². The standard InChI is InChI=1S/C10H16Cl3NO4/c1-6(2)7(8(15)16)14-9(17)18-5-3-4-10(11,12)13/h6-7H,3-5H2,1-2H3,(H,14,17)(H,15,16)/t7-/m1/s1. The van der Waals surface area contributed by atoms with Crippen molar-refractivity contribution in [3.05, 3.63) is 0 Å². The third-order valence-corrected chi connectivity index (χ3v) is 2.61. The minimum absolute atomic E-state index is 0.0597. The Balaban J connectivity index is 3.93. The summed E-state index contributed by atoms with van der Waals surface area (Å²) in [6, 6.07) is -0.981. The first-order valence-electron chi connectivity index (χ1n) is 5.36.